The predicted octanol–water partition coefficient (Wildman–Crippen LogP) is 0.975. The van der Waals surface area contributed by atoms with Crippen LogP contribution >= 0.6 is 0 Å². The molecule has 0 saturated heterocycles. The molecule has 1 aliphatic carbocycles. The first kappa shape index (κ1) is 15.9. The van der Waals surface area contributed by atoms with E-state index in [2.05, 4.69) is 5.32 Å². The van der Waals surface area contributed by atoms with Crippen LogP contribution < -0.4 is 19.9 Å². The lowest BCUT2D eigenvalue weighted by molar-refractivity contribution is -0.313. The van der Waals surface area contributed by atoms with Crippen LogP contribution in [0.25, 0.3) is 0 Å². The van der Waals surface area contributed by atoms with E-state index in [-0.39, 0.29) is 5.91 Å². The van der Waals surface area contributed by atoms with Gasteiger partial charge in [0.15, 0.2) is 0 Å². The van der Waals surface area contributed by atoms with Gasteiger partial charge in [-0.15, -0.1) is 0 Å². The smallest absolute Gasteiger partial charge is 0.228 e. The summed E-state index contributed by atoms with van der Waals surface area (Å²) in [4.78, 5) is 23.6. The average molecular weight is 304 g/mol. The van der Waals surface area contributed by atoms with Crippen molar-refractivity contribution < 1.29 is 24.2 Å². The fourth-order valence-electron chi connectivity index (χ4n) is 2.50. The van der Waals surface area contributed by atoms with E-state index in [0.29, 0.717) is 30.0 Å². The molecular weight excluding hydrogens is 286 g/mol. The van der Waals surface area contributed by atoms with Gasteiger partial charge in [-0.2, -0.15) is 0 Å². The molecule has 2 rings (SSSR count). The molecule has 0 radical (unpaired) electrons. The third kappa shape index (κ3) is 3.39. The largest absolute Gasteiger partial charge is 0.550 e. The summed E-state index contributed by atoms with van der Waals surface area (Å²) < 4.78 is 10.3. The molecule has 0 heterocycles. The number of carboxylic acid groups (broad SMARTS) is 1. The number of anilines is 1. The van der Waals surface area contributed by atoms with Gasteiger partial charge in [-0.1, -0.05) is 12.2 Å². The third-order valence-corrected chi connectivity index (χ3v) is 3.74. The van der Waals surface area contributed by atoms with Crippen molar-refractivity contribution in [2.24, 2.45) is 11.8 Å². The van der Waals surface area contributed by atoms with Gasteiger partial charge in [0.05, 0.1) is 25.8 Å². The first-order valence-electron chi connectivity index (χ1n) is 6.95. The van der Waals surface area contributed by atoms with Gasteiger partial charge in [-0.3, -0.25) is 4.79 Å². The first-order chi connectivity index (χ1) is 10.6. The Morgan fingerprint density at radius 2 is 1.82 bits per heavy atom. The minimum Gasteiger partial charge on any atom is -0.550 e. The predicted molar refractivity (Wildman–Crippen MR) is 78.5 cm³/mol. The number of amides is 1. The van der Waals surface area contributed by atoms with Crippen LogP contribution in [0, 0.1) is 11.8 Å². The molecule has 0 bridgehead atoms. The number of aliphatic carboxylic acids is 1. The van der Waals surface area contributed by atoms with Gasteiger partial charge in [0, 0.05) is 18.0 Å². The fourth-order valence-corrected chi connectivity index (χ4v) is 2.50. The standard InChI is InChI=1S/C16H19NO5/c1-21-10-7-8-14(22-2)13(9-10)17-15(18)11-5-3-4-6-12(11)16(19)20/h3-4,7-9,11-12H,5-6H2,1-2H3,(H,17,18)(H,19,20)/p-1/t11-,12+/m0/s1. The molecule has 0 saturated carbocycles. The summed E-state index contributed by atoms with van der Waals surface area (Å²) in [6.07, 6.45) is 4.25. The first-order valence-corrected chi connectivity index (χ1v) is 6.95. The van der Waals surface area contributed by atoms with Gasteiger partial charge in [-0.05, 0) is 25.0 Å². The molecule has 1 N–H and O–H groups in total. The maximum atomic E-state index is 12.4. The fraction of sp³-hybridized carbons (Fsp3) is 0.375. The highest BCUT2D eigenvalue weighted by molar-refractivity contribution is 5.96. The Bertz CT molecular complexity index is 596. The van der Waals surface area contributed by atoms with Crippen LogP contribution in [0.2, 0.25) is 0 Å². The zero-order valence-corrected chi connectivity index (χ0v) is 12.5. The van der Waals surface area contributed by atoms with E-state index in [0.717, 1.165) is 0 Å². The van der Waals surface area contributed by atoms with E-state index in [9.17, 15) is 14.7 Å². The molecule has 1 aromatic carbocycles. The Balaban J connectivity index is 2.20. The van der Waals surface area contributed by atoms with Gasteiger partial charge in [0.1, 0.15) is 11.5 Å². The van der Waals surface area contributed by atoms with E-state index in [4.69, 9.17) is 9.47 Å². The van der Waals surface area contributed by atoms with Crippen LogP contribution in [0.5, 0.6) is 11.5 Å². The Labute approximate surface area is 128 Å². The topological polar surface area (TPSA) is 87.7 Å². The number of allylic oxidation sites excluding steroid dienone is 2. The van der Waals surface area contributed by atoms with E-state index in [1.807, 2.05) is 6.08 Å². The number of hydrogen-bond acceptors (Lipinski definition) is 5. The molecule has 2 atom stereocenters. The molecule has 0 spiro atoms. The number of nitrogens with one attached hydrogen (secondary N) is 1. The summed E-state index contributed by atoms with van der Waals surface area (Å²) >= 11 is 0. The molecule has 1 aromatic rings. The van der Waals surface area contributed by atoms with Crippen molar-refractivity contribution in [3.63, 3.8) is 0 Å². The summed E-state index contributed by atoms with van der Waals surface area (Å²) in [6.45, 7) is 0. The zero-order chi connectivity index (χ0) is 16.1. The van der Waals surface area contributed by atoms with Gasteiger partial charge < -0.3 is 24.7 Å². The second-order valence-corrected chi connectivity index (χ2v) is 5.03. The monoisotopic (exact) mass is 304 g/mol. The second-order valence-electron chi connectivity index (χ2n) is 5.03. The van der Waals surface area contributed by atoms with E-state index in [1.165, 1.54) is 14.2 Å². The lowest BCUT2D eigenvalue weighted by Gasteiger charge is -2.28. The summed E-state index contributed by atoms with van der Waals surface area (Å²) in [5, 5.41) is 13.9. The summed E-state index contributed by atoms with van der Waals surface area (Å²) in [5.74, 6) is -2.01. The quantitative estimate of drug-likeness (QED) is 0.819. The number of methoxy groups -OCH3 is 2. The van der Waals surface area contributed by atoms with Crippen molar-refractivity contribution in [2.45, 2.75) is 12.8 Å². The van der Waals surface area contributed by atoms with Gasteiger partial charge in [-0.25, -0.2) is 0 Å². The molecule has 6 heteroatoms. The second kappa shape index (κ2) is 6.98. The Hall–Kier alpha value is -2.50. The maximum Gasteiger partial charge on any atom is 0.228 e. The van der Waals surface area contributed by atoms with Crippen molar-refractivity contribution in [3.8, 4) is 11.5 Å². The molecule has 0 fully saturated rings. The number of ether oxygens (including phenoxy) is 2. The highest BCUT2D eigenvalue weighted by Crippen LogP contribution is 2.31. The van der Waals surface area contributed by atoms with Crippen molar-refractivity contribution >= 4 is 17.6 Å². The molecule has 0 unspecified atom stereocenters. The zero-order valence-electron chi connectivity index (χ0n) is 12.5. The van der Waals surface area contributed by atoms with Gasteiger partial charge in [0.25, 0.3) is 0 Å². The van der Waals surface area contributed by atoms with E-state index < -0.39 is 17.8 Å². The maximum absolute atomic E-state index is 12.4. The van der Waals surface area contributed by atoms with Crippen molar-refractivity contribution in [2.75, 3.05) is 19.5 Å². The van der Waals surface area contributed by atoms with Crippen LogP contribution in [-0.4, -0.2) is 26.1 Å². The number of hydrogen-bond donors (Lipinski definition) is 1. The minimum absolute atomic E-state index is 0.301. The summed E-state index contributed by atoms with van der Waals surface area (Å²) in [5.41, 5.74) is 0.443. The molecule has 118 valence electrons. The van der Waals surface area contributed by atoms with Crippen LogP contribution in [0.3, 0.4) is 0 Å². The molecular formula is C16H18NO5-. The Morgan fingerprint density at radius 3 is 2.41 bits per heavy atom. The highest BCUT2D eigenvalue weighted by Gasteiger charge is 2.30. The van der Waals surface area contributed by atoms with Crippen LogP contribution in [0.15, 0.2) is 30.4 Å². The summed E-state index contributed by atoms with van der Waals surface area (Å²) in [6, 6.07) is 5.01. The van der Waals surface area contributed by atoms with Crippen molar-refractivity contribution in [1.82, 2.24) is 0 Å². The SMILES string of the molecule is COc1ccc(OC)c(NC(=O)[C@H]2CC=CC[C@H]2C(=O)[O-])c1. The van der Waals surface area contributed by atoms with Crippen LogP contribution in [-0.2, 0) is 9.59 Å². The van der Waals surface area contributed by atoms with Crippen molar-refractivity contribution in [1.29, 1.82) is 0 Å². The molecule has 6 nitrogen and oxygen atoms in total. The number of benzene rings is 1. The van der Waals surface area contributed by atoms with Crippen LogP contribution in [0.4, 0.5) is 5.69 Å². The van der Waals surface area contributed by atoms with E-state index in [1.54, 1.807) is 24.3 Å². The summed E-state index contributed by atoms with van der Waals surface area (Å²) in [7, 11) is 3.01. The number of rotatable bonds is 5. The van der Waals surface area contributed by atoms with Gasteiger partial charge >= 0.3 is 0 Å². The minimum atomic E-state index is -1.21. The molecule has 0 aromatic heterocycles. The van der Waals surface area contributed by atoms with Gasteiger partial charge in [0.2, 0.25) is 5.91 Å². The Morgan fingerprint density at radius 1 is 1.14 bits per heavy atom. The molecule has 1 aliphatic rings. The number of carboxylic acids is 1. The van der Waals surface area contributed by atoms with E-state index >= 15 is 0 Å². The molecule has 1 amide bonds. The number of carbonyl (C=O) groups excluding carboxylic acids is 2. The third-order valence-electron chi connectivity index (χ3n) is 3.74. The van der Waals surface area contributed by atoms with Crippen LogP contribution in [0.1, 0.15) is 12.8 Å². The lowest BCUT2D eigenvalue weighted by atomic mass is 9.82. The Kier molecular flexibility index (Phi) is 5.04. The normalized spacial score (nSPS) is 20.3. The highest BCUT2D eigenvalue weighted by atomic mass is 16.5. The average Bonchev–Trinajstić information content (AvgIpc) is 2.54. The lowest BCUT2D eigenvalue weighted by Crippen LogP contribution is -2.41. The molecule has 22 heavy (non-hydrogen) atoms. The van der Waals surface area contributed by atoms with Crippen molar-refractivity contribution in [3.05, 3.63) is 30.4 Å². The molecule has 0 aliphatic heterocycles. The number of carbonyl (C=O) groups is 2.